The molecule has 96 valence electrons. The van der Waals surface area contributed by atoms with Crippen LogP contribution in [0.5, 0.6) is 0 Å². The Bertz CT molecular complexity index is 501. The van der Waals surface area contributed by atoms with Crippen LogP contribution in [0, 0.1) is 16.0 Å². The fourth-order valence-electron chi connectivity index (χ4n) is 2.22. The SMILES string of the molecule is CC1CCN(c2ccc([N+](=O)[O-])c(C(=O)O)c2)C1. The molecule has 1 aromatic rings. The minimum Gasteiger partial charge on any atom is -0.477 e. The average Bonchev–Trinajstić information content (AvgIpc) is 2.75. The van der Waals surface area contributed by atoms with E-state index in [1.807, 2.05) is 0 Å². The molecule has 6 heteroatoms. The van der Waals surface area contributed by atoms with Gasteiger partial charge in [-0.3, -0.25) is 10.1 Å². The Morgan fingerprint density at radius 2 is 2.28 bits per heavy atom. The van der Waals surface area contributed by atoms with Crippen LogP contribution in [0.15, 0.2) is 18.2 Å². The maximum absolute atomic E-state index is 11.0. The molecule has 0 amide bonds. The van der Waals surface area contributed by atoms with Crippen molar-refractivity contribution in [1.82, 2.24) is 0 Å². The molecule has 18 heavy (non-hydrogen) atoms. The van der Waals surface area contributed by atoms with Crippen LogP contribution in [0.25, 0.3) is 0 Å². The van der Waals surface area contributed by atoms with Crippen LogP contribution in [0.3, 0.4) is 0 Å². The van der Waals surface area contributed by atoms with Gasteiger partial charge < -0.3 is 10.0 Å². The van der Waals surface area contributed by atoms with Crippen LogP contribution in [-0.4, -0.2) is 29.1 Å². The van der Waals surface area contributed by atoms with Crippen LogP contribution in [0.4, 0.5) is 11.4 Å². The molecule has 0 spiro atoms. The highest BCUT2D eigenvalue weighted by Crippen LogP contribution is 2.28. The Labute approximate surface area is 104 Å². The fraction of sp³-hybridized carbons (Fsp3) is 0.417. The van der Waals surface area contributed by atoms with E-state index in [4.69, 9.17) is 5.11 Å². The molecule has 1 saturated heterocycles. The molecule has 1 aliphatic heterocycles. The topological polar surface area (TPSA) is 83.7 Å². The van der Waals surface area contributed by atoms with Gasteiger partial charge in [0.25, 0.3) is 5.69 Å². The lowest BCUT2D eigenvalue weighted by atomic mass is 10.1. The van der Waals surface area contributed by atoms with Gasteiger partial charge in [0, 0.05) is 24.8 Å². The maximum atomic E-state index is 11.0. The summed E-state index contributed by atoms with van der Waals surface area (Å²) in [5, 5.41) is 19.8. The number of aromatic carboxylic acids is 1. The van der Waals surface area contributed by atoms with E-state index >= 15 is 0 Å². The molecule has 1 aliphatic rings. The van der Waals surface area contributed by atoms with E-state index < -0.39 is 10.9 Å². The summed E-state index contributed by atoms with van der Waals surface area (Å²) >= 11 is 0. The van der Waals surface area contributed by atoms with Gasteiger partial charge in [0.15, 0.2) is 0 Å². The van der Waals surface area contributed by atoms with Gasteiger partial charge >= 0.3 is 5.97 Å². The summed E-state index contributed by atoms with van der Waals surface area (Å²) in [6.45, 7) is 3.85. The Morgan fingerprint density at radius 1 is 1.56 bits per heavy atom. The molecule has 1 N–H and O–H groups in total. The third kappa shape index (κ3) is 2.27. The summed E-state index contributed by atoms with van der Waals surface area (Å²) in [5.41, 5.74) is 0.123. The van der Waals surface area contributed by atoms with Crippen molar-refractivity contribution in [2.45, 2.75) is 13.3 Å². The van der Waals surface area contributed by atoms with E-state index in [0.29, 0.717) is 5.92 Å². The van der Waals surface area contributed by atoms with Crippen molar-refractivity contribution in [1.29, 1.82) is 0 Å². The molecule has 1 heterocycles. The van der Waals surface area contributed by atoms with Gasteiger partial charge in [0.1, 0.15) is 5.56 Å². The number of hydrogen-bond donors (Lipinski definition) is 1. The van der Waals surface area contributed by atoms with Crippen LogP contribution in [0.1, 0.15) is 23.7 Å². The predicted molar refractivity (Wildman–Crippen MR) is 66.0 cm³/mol. The molecule has 0 radical (unpaired) electrons. The Morgan fingerprint density at radius 3 is 2.78 bits per heavy atom. The van der Waals surface area contributed by atoms with Crippen molar-refractivity contribution in [3.63, 3.8) is 0 Å². The largest absolute Gasteiger partial charge is 0.477 e. The molecule has 6 nitrogen and oxygen atoms in total. The number of rotatable bonds is 3. The highest BCUT2D eigenvalue weighted by Gasteiger charge is 2.24. The van der Waals surface area contributed by atoms with Gasteiger partial charge in [-0.15, -0.1) is 0 Å². The first-order valence-corrected chi connectivity index (χ1v) is 5.75. The molecular weight excluding hydrogens is 236 g/mol. The van der Waals surface area contributed by atoms with Crippen LogP contribution in [0.2, 0.25) is 0 Å². The van der Waals surface area contributed by atoms with E-state index in [2.05, 4.69) is 11.8 Å². The van der Waals surface area contributed by atoms with Gasteiger partial charge in [-0.2, -0.15) is 0 Å². The number of nitrogens with zero attached hydrogens (tertiary/aromatic N) is 2. The molecule has 0 bridgehead atoms. The van der Waals surface area contributed by atoms with E-state index in [9.17, 15) is 14.9 Å². The fourth-order valence-corrected chi connectivity index (χ4v) is 2.22. The number of benzene rings is 1. The van der Waals surface area contributed by atoms with E-state index in [0.717, 1.165) is 25.2 Å². The molecule has 1 fully saturated rings. The molecule has 1 atom stereocenters. The van der Waals surface area contributed by atoms with E-state index in [1.165, 1.54) is 12.1 Å². The lowest BCUT2D eigenvalue weighted by molar-refractivity contribution is -0.385. The average molecular weight is 250 g/mol. The second kappa shape index (κ2) is 4.64. The first-order valence-electron chi connectivity index (χ1n) is 5.75. The van der Waals surface area contributed by atoms with Gasteiger partial charge in [0.05, 0.1) is 4.92 Å². The second-order valence-corrected chi connectivity index (χ2v) is 4.60. The van der Waals surface area contributed by atoms with Crippen molar-refractivity contribution in [3.8, 4) is 0 Å². The minimum atomic E-state index is -1.27. The number of carboxylic acids is 1. The third-order valence-corrected chi connectivity index (χ3v) is 3.20. The normalized spacial score (nSPS) is 18.9. The van der Waals surface area contributed by atoms with Gasteiger partial charge in [0.2, 0.25) is 0 Å². The zero-order valence-electron chi connectivity index (χ0n) is 10.00. The molecule has 0 saturated carbocycles. The monoisotopic (exact) mass is 250 g/mol. The maximum Gasteiger partial charge on any atom is 0.342 e. The van der Waals surface area contributed by atoms with Crippen molar-refractivity contribution in [2.75, 3.05) is 18.0 Å². The van der Waals surface area contributed by atoms with Crippen molar-refractivity contribution >= 4 is 17.3 Å². The van der Waals surface area contributed by atoms with E-state index in [1.54, 1.807) is 6.07 Å². The first-order chi connectivity index (χ1) is 8.49. The van der Waals surface area contributed by atoms with Crippen molar-refractivity contribution in [2.24, 2.45) is 5.92 Å². The number of anilines is 1. The van der Waals surface area contributed by atoms with Gasteiger partial charge in [-0.25, -0.2) is 4.79 Å². The highest BCUT2D eigenvalue weighted by atomic mass is 16.6. The molecular formula is C12H14N2O4. The summed E-state index contributed by atoms with van der Waals surface area (Å²) in [7, 11) is 0. The number of hydrogen-bond acceptors (Lipinski definition) is 4. The molecule has 0 aliphatic carbocycles. The number of nitro groups is 1. The molecule has 0 aromatic heterocycles. The van der Waals surface area contributed by atoms with Crippen LogP contribution < -0.4 is 4.90 Å². The lowest BCUT2D eigenvalue weighted by Gasteiger charge is -2.18. The third-order valence-electron chi connectivity index (χ3n) is 3.20. The zero-order valence-corrected chi connectivity index (χ0v) is 10.00. The minimum absolute atomic E-state index is 0.253. The van der Waals surface area contributed by atoms with E-state index in [-0.39, 0.29) is 11.3 Å². The smallest absolute Gasteiger partial charge is 0.342 e. The summed E-state index contributed by atoms with van der Waals surface area (Å²) in [6.07, 6.45) is 1.05. The molecule has 1 aromatic carbocycles. The van der Waals surface area contributed by atoms with Crippen molar-refractivity contribution in [3.05, 3.63) is 33.9 Å². The highest BCUT2D eigenvalue weighted by molar-refractivity contribution is 5.93. The zero-order chi connectivity index (χ0) is 13.3. The predicted octanol–water partition coefficient (Wildman–Crippen LogP) is 2.14. The summed E-state index contributed by atoms with van der Waals surface area (Å²) < 4.78 is 0. The Kier molecular flexibility index (Phi) is 3.18. The summed E-state index contributed by atoms with van der Waals surface area (Å²) in [5.74, 6) is -0.704. The number of nitro benzene ring substituents is 1. The molecule has 2 rings (SSSR count). The van der Waals surface area contributed by atoms with Gasteiger partial charge in [-0.1, -0.05) is 6.92 Å². The number of carbonyl (C=O) groups is 1. The Hall–Kier alpha value is -2.11. The lowest BCUT2D eigenvalue weighted by Crippen LogP contribution is -2.19. The first kappa shape index (κ1) is 12.3. The summed E-state index contributed by atoms with van der Waals surface area (Å²) in [6, 6.07) is 4.27. The summed E-state index contributed by atoms with van der Waals surface area (Å²) in [4.78, 5) is 23.2. The van der Waals surface area contributed by atoms with Gasteiger partial charge in [-0.05, 0) is 24.5 Å². The quantitative estimate of drug-likeness (QED) is 0.656. The molecule has 1 unspecified atom stereocenters. The van der Waals surface area contributed by atoms with Crippen molar-refractivity contribution < 1.29 is 14.8 Å². The van der Waals surface area contributed by atoms with Crippen LogP contribution >= 0.6 is 0 Å². The number of carboxylic acid groups (broad SMARTS) is 1. The second-order valence-electron chi connectivity index (χ2n) is 4.60. The standard InChI is InChI=1S/C12H14N2O4/c1-8-4-5-13(7-8)9-2-3-11(14(17)18)10(6-9)12(15)16/h2-3,6,8H,4-5,7H2,1H3,(H,15,16). The Balaban J connectivity index is 2.37. The van der Waals surface area contributed by atoms with Crippen LogP contribution in [-0.2, 0) is 0 Å².